The largest absolute Gasteiger partial charge is 0.294 e. The van der Waals surface area contributed by atoms with Gasteiger partial charge in [-0.1, -0.05) is 6.07 Å². The van der Waals surface area contributed by atoms with Gasteiger partial charge in [0.2, 0.25) is 0 Å². The lowest BCUT2D eigenvalue weighted by molar-refractivity contribution is 0.0891. The summed E-state index contributed by atoms with van der Waals surface area (Å²) in [5.41, 5.74) is 3.53. The molecule has 0 aliphatic heterocycles. The maximum absolute atomic E-state index is 12.9. The van der Waals surface area contributed by atoms with Gasteiger partial charge in [0, 0.05) is 24.2 Å². The summed E-state index contributed by atoms with van der Waals surface area (Å²) in [5.74, 6) is -0.538. The average Bonchev–Trinajstić information content (AvgIpc) is 3.42. The second kappa shape index (κ2) is 8.60. The molecule has 0 saturated carbocycles. The van der Waals surface area contributed by atoms with Gasteiger partial charge in [0.15, 0.2) is 11.6 Å². The van der Waals surface area contributed by atoms with Crippen LogP contribution in [0.1, 0.15) is 44.0 Å². The molecular weight excluding hydrogens is 380 g/mol. The summed E-state index contributed by atoms with van der Waals surface area (Å²) in [5, 5.41) is 8.36. The van der Waals surface area contributed by atoms with Crippen LogP contribution in [0.3, 0.4) is 0 Å². The van der Waals surface area contributed by atoms with Gasteiger partial charge < -0.3 is 0 Å². The highest BCUT2D eigenvalue weighted by Gasteiger charge is 2.16. The molecule has 0 unspecified atom stereocenters. The second-order valence-corrected chi connectivity index (χ2v) is 7.08. The number of hydrogen-bond donors (Lipinski definition) is 0. The van der Waals surface area contributed by atoms with Crippen LogP contribution in [0.25, 0.3) is 0 Å². The first-order valence-electron chi connectivity index (χ1n) is 9.48. The molecule has 4 rings (SSSR count). The highest BCUT2D eigenvalue weighted by atomic mass is 16.1. The zero-order valence-electron chi connectivity index (χ0n) is 16.5. The molecule has 3 heterocycles. The highest BCUT2D eigenvalue weighted by Crippen LogP contribution is 2.16. The summed E-state index contributed by atoms with van der Waals surface area (Å²) in [7, 11) is 0. The maximum Gasteiger partial charge on any atom is 0.188 e. The van der Waals surface area contributed by atoms with Crippen molar-refractivity contribution in [1.82, 2.24) is 29.5 Å². The third-order valence-electron chi connectivity index (χ3n) is 4.61. The molecule has 0 N–H and O–H groups in total. The normalized spacial score (nSPS) is 10.8. The Morgan fingerprint density at radius 3 is 2.40 bits per heavy atom. The summed E-state index contributed by atoms with van der Waals surface area (Å²) >= 11 is 0. The third kappa shape index (κ3) is 4.72. The van der Waals surface area contributed by atoms with E-state index < -0.39 is 0 Å². The second-order valence-electron chi connectivity index (χ2n) is 7.08. The monoisotopic (exact) mass is 400 g/mol. The molecule has 1 aromatic carbocycles. The Morgan fingerprint density at radius 1 is 0.933 bits per heavy atom. The molecule has 0 aliphatic carbocycles. The number of rotatable bonds is 8. The Balaban J connectivity index is 1.59. The van der Waals surface area contributed by atoms with Crippen molar-refractivity contribution >= 4 is 11.6 Å². The molecule has 30 heavy (non-hydrogen) atoms. The van der Waals surface area contributed by atoms with Crippen molar-refractivity contribution in [2.75, 3.05) is 0 Å². The van der Waals surface area contributed by atoms with E-state index in [1.165, 1.54) is 6.33 Å². The minimum Gasteiger partial charge on any atom is -0.294 e. The summed E-state index contributed by atoms with van der Waals surface area (Å²) in [6.45, 7) is 2.88. The van der Waals surface area contributed by atoms with Crippen LogP contribution in [-0.2, 0) is 13.1 Å². The zero-order chi connectivity index (χ0) is 20.9. The fraction of sp³-hybridized carbons (Fsp3) is 0.182. The van der Waals surface area contributed by atoms with E-state index in [2.05, 4.69) is 20.2 Å². The lowest BCUT2D eigenvalue weighted by atomic mass is 9.99. The molecule has 0 bridgehead atoms. The third-order valence-corrected chi connectivity index (χ3v) is 4.61. The number of nitrogens with zero attached hydrogens (tertiary/aromatic N) is 6. The number of carbonyl (C=O) groups is 2. The lowest BCUT2D eigenvalue weighted by Crippen LogP contribution is -2.12. The van der Waals surface area contributed by atoms with Gasteiger partial charge in [-0.3, -0.25) is 19.3 Å². The number of Topliss-reactive ketones (excluding diaryl/α,β-unsaturated/α-hetero) is 2. The van der Waals surface area contributed by atoms with Crippen molar-refractivity contribution in [2.45, 2.75) is 26.4 Å². The van der Waals surface area contributed by atoms with E-state index in [0.717, 1.165) is 16.7 Å². The molecule has 8 heteroatoms. The summed E-state index contributed by atoms with van der Waals surface area (Å²) in [6, 6.07) is 11.0. The van der Waals surface area contributed by atoms with Gasteiger partial charge in [-0.15, -0.1) is 0 Å². The molecule has 0 aliphatic rings. The quantitative estimate of drug-likeness (QED) is 0.333. The fourth-order valence-electron chi connectivity index (χ4n) is 3.22. The van der Waals surface area contributed by atoms with Crippen LogP contribution >= 0.6 is 0 Å². The van der Waals surface area contributed by atoms with Gasteiger partial charge in [0.25, 0.3) is 0 Å². The topological polar surface area (TPSA) is 95.6 Å². The molecule has 0 amide bonds. The van der Waals surface area contributed by atoms with E-state index in [9.17, 15) is 9.59 Å². The molecule has 4 aromatic rings. The first-order chi connectivity index (χ1) is 14.6. The molecular formula is C22H20N6O2. The maximum atomic E-state index is 12.9. The van der Waals surface area contributed by atoms with Crippen LogP contribution in [0.4, 0.5) is 0 Å². The Hall–Kier alpha value is -3.94. The molecule has 8 nitrogen and oxygen atoms in total. The van der Waals surface area contributed by atoms with Crippen LogP contribution in [0, 0.1) is 6.92 Å². The lowest BCUT2D eigenvalue weighted by Gasteiger charge is -2.10. The zero-order valence-corrected chi connectivity index (χ0v) is 16.5. The summed E-state index contributed by atoms with van der Waals surface area (Å²) < 4.78 is 3.47. The van der Waals surface area contributed by atoms with Crippen molar-refractivity contribution in [3.63, 3.8) is 0 Å². The molecule has 3 aromatic heterocycles. The first kappa shape index (κ1) is 19.4. The minimum atomic E-state index is -0.293. The van der Waals surface area contributed by atoms with Crippen LogP contribution in [0.5, 0.6) is 0 Å². The SMILES string of the molecule is Cc1ccnc(C(=O)CC(=O)c2cc(Cn3cccn3)cc(Cn3cncn3)c2)c1. The van der Waals surface area contributed by atoms with Crippen molar-refractivity contribution in [3.05, 3.63) is 95.6 Å². The molecule has 150 valence electrons. The van der Waals surface area contributed by atoms with Crippen molar-refractivity contribution in [2.24, 2.45) is 0 Å². The van der Waals surface area contributed by atoms with Crippen molar-refractivity contribution in [3.8, 4) is 0 Å². The van der Waals surface area contributed by atoms with Crippen LogP contribution in [0.15, 0.2) is 67.6 Å². The molecule has 0 atom stereocenters. The Morgan fingerprint density at radius 2 is 1.73 bits per heavy atom. The van der Waals surface area contributed by atoms with Gasteiger partial charge >= 0.3 is 0 Å². The Labute approximate surface area is 173 Å². The van der Waals surface area contributed by atoms with Gasteiger partial charge in [-0.05, 0) is 53.9 Å². The van der Waals surface area contributed by atoms with E-state index in [1.807, 2.05) is 37.4 Å². The van der Waals surface area contributed by atoms with Gasteiger partial charge in [0.1, 0.15) is 18.3 Å². The number of hydrogen-bond acceptors (Lipinski definition) is 6. The van der Waals surface area contributed by atoms with Crippen molar-refractivity contribution < 1.29 is 9.59 Å². The van der Waals surface area contributed by atoms with Crippen LogP contribution in [0.2, 0.25) is 0 Å². The Kier molecular flexibility index (Phi) is 5.56. The summed E-state index contributed by atoms with van der Waals surface area (Å²) in [4.78, 5) is 33.5. The number of carbonyl (C=O) groups excluding carboxylic acids is 2. The molecule has 0 radical (unpaired) electrons. The van der Waals surface area contributed by atoms with Gasteiger partial charge in [-0.2, -0.15) is 10.2 Å². The minimum absolute atomic E-state index is 0.232. The molecule has 0 spiro atoms. The molecule has 0 fully saturated rings. The summed E-state index contributed by atoms with van der Waals surface area (Å²) in [6.07, 6.45) is 8.00. The fourth-order valence-corrected chi connectivity index (χ4v) is 3.22. The van der Waals surface area contributed by atoms with Crippen LogP contribution < -0.4 is 0 Å². The predicted molar refractivity (Wildman–Crippen MR) is 109 cm³/mol. The number of aryl methyl sites for hydroxylation is 1. The first-order valence-corrected chi connectivity index (χ1v) is 9.48. The van der Waals surface area contributed by atoms with E-state index in [1.54, 1.807) is 40.2 Å². The van der Waals surface area contributed by atoms with Crippen molar-refractivity contribution in [1.29, 1.82) is 0 Å². The van der Waals surface area contributed by atoms with E-state index in [-0.39, 0.29) is 18.0 Å². The number of benzene rings is 1. The van der Waals surface area contributed by atoms with E-state index in [0.29, 0.717) is 24.3 Å². The smallest absolute Gasteiger partial charge is 0.188 e. The van der Waals surface area contributed by atoms with Gasteiger partial charge in [-0.25, -0.2) is 9.67 Å². The highest BCUT2D eigenvalue weighted by molar-refractivity contribution is 6.13. The van der Waals surface area contributed by atoms with Gasteiger partial charge in [0.05, 0.1) is 19.5 Å². The average molecular weight is 400 g/mol. The number of aromatic nitrogens is 6. The predicted octanol–water partition coefficient (Wildman–Crippen LogP) is 2.73. The van der Waals surface area contributed by atoms with E-state index in [4.69, 9.17) is 0 Å². The number of pyridine rings is 1. The van der Waals surface area contributed by atoms with Crippen LogP contribution in [-0.4, -0.2) is 41.1 Å². The number of ketones is 2. The van der Waals surface area contributed by atoms with E-state index >= 15 is 0 Å². The Bertz CT molecular complexity index is 1110. The molecule has 0 saturated heterocycles. The standard InChI is InChI=1S/C22H20N6O2/c1-16-3-5-24-20(7-16)22(30)11-21(29)19-9-17(12-27-6-2-4-25-27)8-18(10-19)13-28-15-23-14-26-28/h2-10,14-15H,11-13H2,1H3.